The molecule has 1 spiro atoms. The number of likely N-dealkylation sites (N-methyl/N-ethyl adjacent to an activating group) is 1. The van der Waals surface area contributed by atoms with Gasteiger partial charge in [-0.1, -0.05) is 12.2 Å². The number of ketones is 1. The summed E-state index contributed by atoms with van der Waals surface area (Å²) in [6, 6.07) is 0. The van der Waals surface area contributed by atoms with E-state index in [1.807, 2.05) is 24.0 Å². The molecule has 3 fully saturated rings. The molecule has 29 heavy (non-hydrogen) atoms. The second-order valence-electron chi connectivity index (χ2n) is 8.72. The molecule has 0 aliphatic carbocycles. The van der Waals surface area contributed by atoms with E-state index in [4.69, 9.17) is 4.74 Å². The molecule has 0 unspecified atom stereocenters. The van der Waals surface area contributed by atoms with Crippen molar-refractivity contribution < 1.29 is 19.1 Å². The van der Waals surface area contributed by atoms with Gasteiger partial charge >= 0.3 is 0 Å². The molecule has 5 rings (SSSR count). The van der Waals surface area contributed by atoms with Crippen molar-refractivity contribution in [3.63, 3.8) is 0 Å². The first-order valence-electron chi connectivity index (χ1n) is 10.2. The van der Waals surface area contributed by atoms with Crippen LogP contribution < -0.4 is 0 Å². The van der Waals surface area contributed by atoms with Crippen LogP contribution in [-0.2, 0) is 14.3 Å². The molecular formula is C21H25N3O4S. The van der Waals surface area contributed by atoms with Gasteiger partial charge in [0.2, 0.25) is 11.8 Å². The smallest absolute Gasteiger partial charge is 0.229 e. The molecule has 8 heteroatoms. The third-order valence-corrected chi connectivity index (χ3v) is 8.28. The fourth-order valence-electron chi connectivity index (χ4n) is 5.45. The number of Topliss-reactive ketones (excluding diaryl/α,β-unsaturated/α-hetero) is 1. The zero-order chi connectivity index (χ0) is 20.5. The number of amides is 2. The molecule has 5 heterocycles. The highest BCUT2D eigenvalue weighted by Gasteiger charge is 2.66. The van der Waals surface area contributed by atoms with Gasteiger partial charge in [-0.15, -0.1) is 11.3 Å². The van der Waals surface area contributed by atoms with Gasteiger partial charge in [0.15, 0.2) is 5.78 Å². The van der Waals surface area contributed by atoms with Gasteiger partial charge in [0, 0.05) is 33.0 Å². The van der Waals surface area contributed by atoms with Crippen LogP contribution in [0.2, 0.25) is 0 Å². The van der Waals surface area contributed by atoms with Crippen LogP contribution in [0.15, 0.2) is 12.2 Å². The number of piperidine rings is 1. The number of likely N-dealkylation sites (tertiary alicyclic amines) is 2. The third-order valence-electron chi connectivity index (χ3n) is 6.86. The highest BCUT2D eigenvalue weighted by atomic mass is 32.1. The monoisotopic (exact) mass is 415 g/mol. The zero-order valence-corrected chi connectivity index (χ0v) is 17.7. The first kappa shape index (κ1) is 18.9. The summed E-state index contributed by atoms with van der Waals surface area (Å²) in [4.78, 5) is 46.7. The summed E-state index contributed by atoms with van der Waals surface area (Å²) in [5, 5.41) is 0.998. The Hall–Kier alpha value is -2.06. The van der Waals surface area contributed by atoms with E-state index in [-0.39, 0.29) is 29.6 Å². The fourth-order valence-corrected chi connectivity index (χ4v) is 6.58. The van der Waals surface area contributed by atoms with Crippen LogP contribution in [0.3, 0.4) is 0 Å². The third kappa shape index (κ3) is 2.72. The molecule has 0 saturated carbocycles. The highest BCUT2D eigenvalue weighted by molar-refractivity contribution is 7.13. The lowest BCUT2D eigenvalue weighted by molar-refractivity contribution is -0.143. The summed E-state index contributed by atoms with van der Waals surface area (Å²) >= 11 is 1.49. The molecule has 0 N–H and O–H groups in total. The van der Waals surface area contributed by atoms with Crippen molar-refractivity contribution >= 4 is 28.9 Å². The Balaban J connectivity index is 1.29. The van der Waals surface area contributed by atoms with Gasteiger partial charge < -0.3 is 14.5 Å². The van der Waals surface area contributed by atoms with E-state index in [9.17, 15) is 14.4 Å². The van der Waals surface area contributed by atoms with Crippen LogP contribution in [-0.4, -0.2) is 70.8 Å². The van der Waals surface area contributed by atoms with Gasteiger partial charge in [-0.3, -0.25) is 14.4 Å². The van der Waals surface area contributed by atoms with Crippen LogP contribution in [0, 0.1) is 18.8 Å². The quantitative estimate of drug-likeness (QED) is 0.555. The molecule has 4 atom stereocenters. The molecule has 2 amide bonds. The maximum Gasteiger partial charge on any atom is 0.229 e. The van der Waals surface area contributed by atoms with E-state index >= 15 is 0 Å². The molecule has 4 aliphatic heterocycles. The maximum atomic E-state index is 13.4. The van der Waals surface area contributed by atoms with Crippen molar-refractivity contribution in [1.82, 2.24) is 14.8 Å². The average Bonchev–Trinajstić information content (AvgIpc) is 3.42. The Labute approximate surface area is 173 Å². The standard InChI is InChI=1S/C21H25N3O4S/c1-11-17(12(2)25)29-18(22-11)13-5-8-24(9-6-13)19(26)15-14-4-7-21(28-14)10-23(3)20(27)16(15)21/h4,7,13-16H,5-6,8-10H2,1-3H3/t14-,15-,16-,21+/m1/s1. The van der Waals surface area contributed by atoms with Gasteiger partial charge in [0.05, 0.1) is 40.1 Å². The number of hydrogen-bond acceptors (Lipinski definition) is 6. The lowest BCUT2D eigenvalue weighted by Gasteiger charge is -2.35. The number of fused-ring (bicyclic) bond motifs is 1. The van der Waals surface area contributed by atoms with Crippen molar-refractivity contribution in [2.24, 2.45) is 11.8 Å². The van der Waals surface area contributed by atoms with E-state index in [0.29, 0.717) is 19.6 Å². The average molecular weight is 416 g/mol. The number of thiazole rings is 1. The molecule has 2 bridgehead atoms. The van der Waals surface area contributed by atoms with Crippen LogP contribution in [0.5, 0.6) is 0 Å². The second kappa shape index (κ2) is 6.47. The predicted molar refractivity (Wildman–Crippen MR) is 107 cm³/mol. The Morgan fingerprint density at radius 2 is 2.03 bits per heavy atom. The van der Waals surface area contributed by atoms with Gasteiger partial charge in [-0.2, -0.15) is 0 Å². The molecule has 0 radical (unpaired) electrons. The van der Waals surface area contributed by atoms with Crippen molar-refractivity contribution in [3.8, 4) is 0 Å². The Bertz CT molecular complexity index is 932. The molecule has 1 aromatic heterocycles. The Morgan fingerprint density at radius 1 is 1.31 bits per heavy atom. The van der Waals surface area contributed by atoms with E-state index < -0.39 is 17.4 Å². The van der Waals surface area contributed by atoms with Crippen molar-refractivity contribution in [1.29, 1.82) is 0 Å². The van der Waals surface area contributed by atoms with Crippen molar-refractivity contribution in [2.45, 2.75) is 44.3 Å². The number of nitrogens with zero attached hydrogens (tertiary/aromatic N) is 3. The van der Waals surface area contributed by atoms with E-state index in [1.165, 1.54) is 11.3 Å². The maximum absolute atomic E-state index is 13.4. The van der Waals surface area contributed by atoms with Crippen LogP contribution in [0.25, 0.3) is 0 Å². The first-order valence-corrected chi connectivity index (χ1v) is 11.0. The molecule has 1 aromatic rings. The van der Waals surface area contributed by atoms with E-state index in [2.05, 4.69) is 4.98 Å². The lowest BCUT2D eigenvalue weighted by atomic mass is 9.76. The Morgan fingerprint density at radius 3 is 2.69 bits per heavy atom. The molecule has 4 aliphatic rings. The highest BCUT2D eigenvalue weighted by Crippen LogP contribution is 2.52. The molecular weight excluding hydrogens is 390 g/mol. The summed E-state index contributed by atoms with van der Waals surface area (Å²) in [6.07, 6.45) is 5.31. The number of hydrogen-bond donors (Lipinski definition) is 0. The van der Waals surface area contributed by atoms with Crippen molar-refractivity contribution in [2.75, 3.05) is 26.7 Å². The summed E-state index contributed by atoms with van der Waals surface area (Å²) < 4.78 is 6.12. The van der Waals surface area contributed by atoms with E-state index in [1.54, 1.807) is 18.9 Å². The first-order chi connectivity index (χ1) is 13.8. The number of ether oxygens (including phenoxy) is 1. The van der Waals surface area contributed by atoms with Gasteiger partial charge in [0.1, 0.15) is 5.60 Å². The van der Waals surface area contributed by atoms with Gasteiger partial charge in [-0.05, 0) is 19.8 Å². The minimum absolute atomic E-state index is 0.0140. The summed E-state index contributed by atoms with van der Waals surface area (Å²) in [6.45, 7) is 5.27. The molecule has 7 nitrogen and oxygen atoms in total. The normalized spacial score (nSPS) is 33.6. The lowest BCUT2D eigenvalue weighted by Crippen LogP contribution is -2.48. The van der Waals surface area contributed by atoms with Gasteiger partial charge in [-0.25, -0.2) is 4.98 Å². The Kier molecular flexibility index (Phi) is 4.22. The predicted octanol–water partition coefficient (Wildman–Crippen LogP) is 1.77. The summed E-state index contributed by atoms with van der Waals surface area (Å²) in [5.41, 5.74) is 0.188. The van der Waals surface area contributed by atoms with Crippen LogP contribution >= 0.6 is 11.3 Å². The fraction of sp³-hybridized carbons (Fsp3) is 0.619. The molecule has 154 valence electrons. The number of rotatable bonds is 3. The summed E-state index contributed by atoms with van der Waals surface area (Å²) in [7, 11) is 1.78. The number of carbonyl (C=O) groups is 3. The zero-order valence-electron chi connectivity index (χ0n) is 16.9. The minimum Gasteiger partial charge on any atom is -0.360 e. The second-order valence-corrected chi connectivity index (χ2v) is 9.75. The van der Waals surface area contributed by atoms with Gasteiger partial charge in [0.25, 0.3) is 0 Å². The molecule has 0 aromatic carbocycles. The molecule has 3 saturated heterocycles. The van der Waals surface area contributed by atoms with Crippen molar-refractivity contribution in [3.05, 3.63) is 27.7 Å². The number of aryl methyl sites for hydroxylation is 1. The SMILES string of the molecule is CC(=O)c1sc(C2CCN(C(=O)[C@@H]3[C@H]4C=C[C@@]5(CN(C)C(=O)[C@@H]35)O4)CC2)nc1C. The van der Waals surface area contributed by atoms with Crippen LogP contribution in [0.4, 0.5) is 0 Å². The topological polar surface area (TPSA) is 79.8 Å². The number of carbonyl (C=O) groups excluding carboxylic acids is 3. The largest absolute Gasteiger partial charge is 0.360 e. The minimum atomic E-state index is -0.614. The van der Waals surface area contributed by atoms with Crippen LogP contribution in [0.1, 0.15) is 46.1 Å². The van der Waals surface area contributed by atoms with E-state index in [0.717, 1.165) is 28.4 Å². The number of aromatic nitrogens is 1. The summed E-state index contributed by atoms with van der Waals surface area (Å²) in [5.74, 6) is -0.429.